The standard InChI is InChI=1S/C11H14BrF3N2/c1-17(10(6-16)11(13,14)15)7-8-3-2-4-9(12)5-8/h2-5,10H,6-7,16H2,1H3. The van der Waals surface area contributed by atoms with Gasteiger partial charge in [0, 0.05) is 17.6 Å². The van der Waals surface area contributed by atoms with E-state index in [9.17, 15) is 13.2 Å². The molecule has 1 aromatic rings. The molecule has 0 heterocycles. The summed E-state index contributed by atoms with van der Waals surface area (Å²) in [4.78, 5) is 1.21. The highest BCUT2D eigenvalue weighted by Gasteiger charge is 2.41. The van der Waals surface area contributed by atoms with Crippen molar-refractivity contribution < 1.29 is 13.2 Å². The summed E-state index contributed by atoms with van der Waals surface area (Å²) in [5, 5.41) is 0. The molecule has 0 spiro atoms. The Bertz CT molecular complexity index is 368. The minimum absolute atomic E-state index is 0.209. The van der Waals surface area contributed by atoms with E-state index >= 15 is 0 Å². The first-order chi connectivity index (χ1) is 7.84. The molecule has 0 aliphatic carbocycles. The summed E-state index contributed by atoms with van der Waals surface area (Å²) >= 11 is 3.28. The van der Waals surface area contributed by atoms with Crippen LogP contribution in [0.25, 0.3) is 0 Å². The Morgan fingerprint density at radius 2 is 2.06 bits per heavy atom. The van der Waals surface area contributed by atoms with Crippen molar-refractivity contribution >= 4 is 15.9 Å². The summed E-state index contributed by atoms with van der Waals surface area (Å²) in [7, 11) is 1.42. The zero-order valence-corrected chi connectivity index (χ0v) is 10.9. The molecule has 1 rings (SSSR count). The van der Waals surface area contributed by atoms with E-state index in [1.54, 1.807) is 18.2 Å². The van der Waals surface area contributed by atoms with E-state index < -0.39 is 18.8 Å². The van der Waals surface area contributed by atoms with Crippen molar-refractivity contribution in [3.8, 4) is 0 Å². The Kier molecular flexibility index (Phi) is 4.97. The molecule has 6 heteroatoms. The maximum Gasteiger partial charge on any atom is 0.405 e. The summed E-state index contributed by atoms with van der Waals surface area (Å²) in [6.45, 7) is -0.227. The molecule has 2 N–H and O–H groups in total. The molecule has 1 atom stereocenters. The number of nitrogens with zero attached hydrogens (tertiary/aromatic N) is 1. The fourth-order valence-corrected chi connectivity index (χ4v) is 2.04. The smallest absolute Gasteiger partial charge is 0.329 e. The fourth-order valence-electron chi connectivity index (χ4n) is 1.60. The number of hydrogen-bond donors (Lipinski definition) is 1. The maximum absolute atomic E-state index is 12.6. The lowest BCUT2D eigenvalue weighted by Gasteiger charge is -2.28. The monoisotopic (exact) mass is 310 g/mol. The van der Waals surface area contributed by atoms with Crippen LogP contribution < -0.4 is 5.73 Å². The highest BCUT2D eigenvalue weighted by molar-refractivity contribution is 9.10. The molecular formula is C11H14BrF3N2. The molecule has 17 heavy (non-hydrogen) atoms. The van der Waals surface area contributed by atoms with Crippen LogP contribution >= 0.6 is 15.9 Å². The van der Waals surface area contributed by atoms with Gasteiger partial charge < -0.3 is 5.73 Å². The van der Waals surface area contributed by atoms with Crippen molar-refractivity contribution in [1.29, 1.82) is 0 Å². The Balaban J connectivity index is 2.74. The van der Waals surface area contributed by atoms with Crippen LogP contribution in [0.2, 0.25) is 0 Å². The summed E-state index contributed by atoms with van der Waals surface area (Å²) in [5.74, 6) is 0. The Hall–Kier alpha value is -0.590. The highest BCUT2D eigenvalue weighted by Crippen LogP contribution is 2.24. The van der Waals surface area contributed by atoms with Gasteiger partial charge in [0.1, 0.15) is 6.04 Å². The van der Waals surface area contributed by atoms with E-state index in [4.69, 9.17) is 5.73 Å². The molecule has 0 fully saturated rings. The van der Waals surface area contributed by atoms with Crippen molar-refractivity contribution in [1.82, 2.24) is 4.90 Å². The SMILES string of the molecule is CN(Cc1cccc(Br)c1)C(CN)C(F)(F)F. The second-order valence-corrected chi connectivity index (χ2v) is 4.75. The Labute approximate surface area is 107 Å². The summed E-state index contributed by atoms with van der Waals surface area (Å²) in [5.41, 5.74) is 5.98. The number of hydrogen-bond acceptors (Lipinski definition) is 2. The molecule has 1 aromatic carbocycles. The molecule has 0 saturated carbocycles. The summed E-state index contributed by atoms with van der Waals surface area (Å²) < 4.78 is 38.7. The van der Waals surface area contributed by atoms with Gasteiger partial charge in [0.2, 0.25) is 0 Å². The predicted molar refractivity (Wildman–Crippen MR) is 64.5 cm³/mol. The van der Waals surface area contributed by atoms with Gasteiger partial charge in [0.15, 0.2) is 0 Å². The van der Waals surface area contributed by atoms with Crippen molar-refractivity contribution in [2.75, 3.05) is 13.6 Å². The van der Waals surface area contributed by atoms with E-state index in [2.05, 4.69) is 15.9 Å². The lowest BCUT2D eigenvalue weighted by Crippen LogP contribution is -2.48. The third kappa shape index (κ3) is 4.29. The summed E-state index contributed by atoms with van der Waals surface area (Å²) in [6.07, 6.45) is -4.30. The molecule has 1 unspecified atom stereocenters. The Morgan fingerprint density at radius 1 is 1.41 bits per heavy atom. The zero-order valence-electron chi connectivity index (χ0n) is 9.34. The number of likely N-dealkylation sites (N-methyl/N-ethyl adjacent to an activating group) is 1. The molecule has 96 valence electrons. The van der Waals surface area contributed by atoms with Crippen LogP contribution in [0.4, 0.5) is 13.2 Å². The minimum atomic E-state index is -4.30. The molecular weight excluding hydrogens is 297 g/mol. The number of nitrogens with two attached hydrogens (primary N) is 1. The average molecular weight is 311 g/mol. The van der Waals surface area contributed by atoms with Crippen LogP contribution in [0.3, 0.4) is 0 Å². The molecule has 0 bridgehead atoms. The number of halogens is 4. The zero-order chi connectivity index (χ0) is 13.1. The van der Waals surface area contributed by atoms with Crippen LogP contribution in [-0.2, 0) is 6.54 Å². The molecule has 0 aliphatic rings. The van der Waals surface area contributed by atoms with E-state index in [1.165, 1.54) is 11.9 Å². The van der Waals surface area contributed by atoms with Gasteiger partial charge >= 0.3 is 6.18 Å². The van der Waals surface area contributed by atoms with Crippen LogP contribution in [0, 0.1) is 0 Å². The number of rotatable bonds is 4. The van der Waals surface area contributed by atoms with E-state index in [0.29, 0.717) is 0 Å². The van der Waals surface area contributed by atoms with Crippen LogP contribution in [-0.4, -0.2) is 30.7 Å². The van der Waals surface area contributed by atoms with Crippen molar-refractivity contribution in [2.45, 2.75) is 18.8 Å². The van der Waals surface area contributed by atoms with Crippen molar-refractivity contribution in [3.63, 3.8) is 0 Å². The van der Waals surface area contributed by atoms with Gasteiger partial charge in [-0.05, 0) is 24.7 Å². The van der Waals surface area contributed by atoms with Crippen molar-refractivity contribution in [2.24, 2.45) is 5.73 Å². The predicted octanol–water partition coefficient (Wildman–Crippen LogP) is 2.77. The van der Waals surface area contributed by atoms with Gasteiger partial charge in [-0.1, -0.05) is 28.1 Å². The van der Waals surface area contributed by atoms with Gasteiger partial charge in [-0.25, -0.2) is 0 Å². The first-order valence-corrected chi connectivity index (χ1v) is 5.85. The normalized spacial score (nSPS) is 14.1. The van der Waals surface area contributed by atoms with Crippen LogP contribution in [0.15, 0.2) is 28.7 Å². The second-order valence-electron chi connectivity index (χ2n) is 3.84. The molecule has 0 aromatic heterocycles. The molecule has 0 aliphatic heterocycles. The number of benzene rings is 1. The quantitative estimate of drug-likeness (QED) is 0.926. The molecule has 0 saturated heterocycles. The number of alkyl halides is 3. The maximum atomic E-state index is 12.6. The largest absolute Gasteiger partial charge is 0.405 e. The van der Waals surface area contributed by atoms with Crippen molar-refractivity contribution in [3.05, 3.63) is 34.3 Å². The van der Waals surface area contributed by atoms with E-state index in [1.807, 2.05) is 6.07 Å². The fraction of sp³-hybridized carbons (Fsp3) is 0.455. The third-order valence-corrected chi connectivity index (χ3v) is 2.95. The highest BCUT2D eigenvalue weighted by atomic mass is 79.9. The summed E-state index contributed by atoms with van der Waals surface area (Å²) in [6, 6.07) is 5.58. The van der Waals surface area contributed by atoms with Gasteiger partial charge in [-0.15, -0.1) is 0 Å². The van der Waals surface area contributed by atoms with Gasteiger partial charge in [0.05, 0.1) is 0 Å². The van der Waals surface area contributed by atoms with E-state index in [-0.39, 0.29) is 6.54 Å². The van der Waals surface area contributed by atoms with Crippen LogP contribution in [0.5, 0.6) is 0 Å². The average Bonchev–Trinajstić information content (AvgIpc) is 2.15. The molecule has 0 amide bonds. The minimum Gasteiger partial charge on any atom is -0.329 e. The molecule has 2 nitrogen and oxygen atoms in total. The topological polar surface area (TPSA) is 29.3 Å². The lowest BCUT2D eigenvalue weighted by molar-refractivity contribution is -0.178. The second kappa shape index (κ2) is 5.84. The third-order valence-electron chi connectivity index (χ3n) is 2.45. The van der Waals surface area contributed by atoms with Gasteiger partial charge in [-0.3, -0.25) is 4.90 Å². The Morgan fingerprint density at radius 3 is 2.53 bits per heavy atom. The lowest BCUT2D eigenvalue weighted by atomic mass is 10.2. The van der Waals surface area contributed by atoms with Gasteiger partial charge in [0.25, 0.3) is 0 Å². The van der Waals surface area contributed by atoms with E-state index in [0.717, 1.165) is 10.0 Å². The first-order valence-electron chi connectivity index (χ1n) is 5.06. The van der Waals surface area contributed by atoms with Gasteiger partial charge in [-0.2, -0.15) is 13.2 Å². The first kappa shape index (κ1) is 14.5. The van der Waals surface area contributed by atoms with Crippen LogP contribution in [0.1, 0.15) is 5.56 Å². The molecule has 0 radical (unpaired) electrons.